The number of ether oxygens (including phenoxy) is 1. The van der Waals surface area contributed by atoms with Crippen molar-refractivity contribution in [3.8, 4) is 0 Å². The summed E-state index contributed by atoms with van der Waals surface area (Å²) in [5.74, 6) is 0.342. The number of carbonyl (C=O) groups excluding carboxylic acids is 1. The largest absolute Gasteiger partial charge is 0.463 e. The predicted octanol–water partition coefficient (Wildman–Crippen LogP) is 3.63. The number of anilines is 1. The van der Waals surface area contributed by atoms with Crippen molar-refractivity contribution in [1.29, 1.82) is 0 Å². The molecule has 132 valence electrons. The third kappa shape index (κ3) is 3.42. The van der Waals surface area contributed by atoms with Crippen LogP contribution < -0.4 is 5.32 Å². The molecule has 3 rings (SSSR count). The summed E-state index contributed by atoms with van der Waals surface area (Å²) in [6, 6.07) is 7.85. The van der Waals surface area contributed by atoms with Crippen LogP contribution in [0.1, 0.15) is 38.3 Å². The summed E-state index contributed by atoms with van der Waals surface area (Å²) in [6.45, 7) is 4.24. The number of fused-ring (bicyclic) bond motifs is 1. The highest BCUT2D eigenvalue weighted by molar-refractivity contribution is 7.98. The Bertz CT molecular complexity index is 783. The lowest BCUT2D eigenvalue weighted by Gasteiger charge is -2.29. The van der Waals surface area contributed by atoms with Crippen molar-refractivity contribution in [2.45, 2.75) is 37.6 Å². The van der Waals surface area contributed by atoms with Crippen molar-refractivity contribution >= 4 is 23.7 Å². The van der Waals surface area contributed by atoms with Crippen molar-refractivity contribution in [3.63, 3.8) is 0 Å². The van der Waals surface area contributed by atoms with E-state index in [1.165, 1.54) is 11.2 Å². The van der Waals surface area contributed by atoms with Gasteiger partial charge in [-0.25, -0.2) is 9.48 Å². The smallest absolute Gasteiger partial charge is 0.338 e. The number of hydrogen-bond acceptors (Lipinski definition) is 6. The Hall–Kier alpha value is -2.28. The molecule has 2 aromatic rings. The highest BCUT2D eigenvalue weighted by Gasteiger charge is 2.35. The van der Waals surface area contributed by atoms with Crippen molar-refractivity contribution in [1.82, 2.24) is 14.8 Å². The topological polar surface area (TPSA) is 69.0 Å². The van der Waals surface area contributed by atoms with Crippen LogP contribution >= 0.6 is 11.8 Å². The van der Waals surface area contributed by atoms with E-state index in [1.54, 1.807) is 16.4 Å². The summed E-state index contributed by atoms with van der Waals surface area (Å²) >= 11 is 1.68. The van der Waals surface area contributed by atoms with Crippen molar-refractivity contribution in [2.75, 3.05) is 18.2 Å². The van der Waals surface area contributed by atoms with Gasteiger partial charge >= 0.3 is 5.97 Å². The molecule has 1 unspecified atom stereocenters. The number of aromatic nitrogens is 3. The number of carbonyl (C=O) groups is 1. The number of esters is 1. The highest BCUT2D eigenvalue weighted by Crippen LogP contribution is 2.37. The maximum Gasteiger partial charge on any atom is 0.338 e. The van der Waals surface area contributed by atoms with Crippen LogP contribution in [0.2, 0.25) is 0 Å². The van der Waals surface area contributed by atoms with E-state index < -0.39 is 0 Å². The first-order valence-corrected chi connectivity index (χ1v) is 9.62. The minimum absolute atomic E-state index is 0.307. The Morgan fingerprint density at radius 2 is 2.08 bits per heavy atom. The molecule has 1 atom stereocenters. The number of hydrogen-bond donors (Lipinski definition) is 1. The minimum atomic E-state index is -0.338. The van der Waals surface area contributed by atoms with Crippen LogP contribution in [0, 0.1) is 0 Å². The zero-order valence-corrected chi connectivity index (χ0v) is 15.5. The second kappa shape index (κ2) is 7.74. The quantitative estimate of drug-likeness (QED) is 0.628. The van der Waals surface area contributed by atoms with Gasteiger partial charge in [0.2, 0.25) is 5.95 Å². The van der Waals surface area contributed by atoms with Gasteiger partial charge in [-0.15, -0.1) is 11.8 Å². The standard InChI is InChI=1S/C18H22N4O2S/c1-4-6-14-15(17(23)24-5-2)16(22-18(21-14)19-11-20-22)12-7-9-13(25-3)10-8-12/h7-11,16H,4-6H2,1-3H3,(H,19,20,21). The average Bonchev–Trinajstić information content (AvgIpc) is 3.09. The molecule has 0 saturated heterocycles. The van der Waals surface area contributed by atoms with Crippen LogP contribution in [0.5, 0.6) is 0 Å². The van der Waals surface area contributed by atoms with E-state index in [0.29, 0.717) is 18.1 Å². The van der Waals surface area contributed by atoms with Gasteiger partial charge in [0.25, 0.3) is 0 Å². The van der Waals surface area contributed by atoms with Crippen LogP contribution in [0.15, 0.2) is 46.8 Å². The molecule has 0 amide bonds. The Kier molecular flexibility index (Phi) is 5.43. The molecule has 0 radical (unpaired) electrons. The van der Waals surface area contributed by atoms with Gasteiger partial charge < -0.3 is 10.1 Å². The Morgan fingerprint density at radius 1 is 1.32 bits per heavy atom. The summed E-state index contributed by atoms with van der Waals surface area (Å²) in [4.78, 5) is 18.2. The average molecular weight is 358 g/mol. The third-order valence-electron chi connectivity index (χ3n) is 4.11. The molecular weight excluding hydrogens is 336 g/mol. The molecule has 0 aliphatic carbocycles. The van der Waals surface area contributed by atoms with E-state index in [9.17, 15) is 4.79 Å². The van der Waals surface area contributed by atoms with Gasteiger partial charge in [-0.1, -0.05) is 25.5 Å². The molecule has 1 aliphatic heterocycles. The maximum atomic E-state index is 12.7. The molecule has 0 fully saturated rings. The molecule has 1 aliphatic rings. The molecule has 1 aromatic carbocycles. The Balaban J connectivity index is 2.13. The number of allylic oxidation sites excluding steroid dienone is 1. The molecule has 0 bridgehead atoms. The maximum absolute atomic E-state index is 12.7. The fraction of sp³-hybridized carbons (Fsp3) is 0.389. The second-order valence-corrected chi connectivity index (χ2v) is 6.57. The number of thioether (sulfide) groups is 1. The SMILES string of the molecule is CCCC1=C(C(=O)OCC)C(c2ccc(SC)cc2)n2ncnc2N1. The van der Waals surface area contributed by atoms with Gasteiger partial charge in [-0.05, 0) is 37.3 Å². The number of benzene rings is 1. The van der Waals surface area contributed by atoms with E-state index in [-0.39, 0.29) is 12.0 Å². The van der Waals surface area contributed by atoms with E-state index in [0.717, 1.165) is 24.1 Å². The van der Waals surface area contributed by atoms with Crippen LogP contribution in [0.4, 0.5) is 5.95 Å². The van der Waals surface area contributed by atoms with Crippen LogP contribution in [0.3, 0.4) is 0 Å². The van der Waals surface area contributed by atoms with Crippen molar-refractivity contribution in [3.05, 3.63) is 47.4 Å². The molecule has 7 heteroatoms. The summed E-state index contributed by atoms with van der Waals surface area (Å²) < 4.78 is 7.09. The first kappa shape index (κ1) is 17.5. The summed E-state index contributed by atoms with van der Waals surface area (Å²) in [5.41, 5.74) is 2.46. The Morgan fingerprint density at radius 3 is 2.72 bits per heavy atom. The molecule has 0 saturated carbocycles. The molecule has 6 nitrogen and oxygen atoms in total. The predicted molar refractivity (Wildman–Crippen MR) is 98.6 cm³/mol. The number of nitrogens with zero attached hydrogens (tertiary/aromatic N) is 3. The second-order valence-electron chi connectivity index (χ2n) is 5.69. The van der Waals surface area contributed by atoms with E-state index in [4.69, 9.17) is 4.74 Å². The van der Waals surface area contributed by atoms with Gasteiger partial charge in [0, 0.05) is 10.6 Å². The minimum Gasteiger partial charge on any atom is -0.463 e. The molecule has 25 heavy (non-hydrogen) atoms. The van der Waals surface area contributed by atoms with Gasteiger partial charge in [0.05, 0.1) is 12.2 Å². The van der Waals surface area contributed by atoms with Crippen LogP contribution in [0.25, 0.3) is 0 Å². The normalized spacial score (nSPS) is 16.4. The Labute approximate surface area is 151 Å². The van der Waals surface area contributed by atoms with E-state index >= 15 is 0 Å². The van der Waals surface area contributed by atoms with Gasteiger partial charge in [0.1, 0.15) is 12.4 Å². The third-order valence-corrected chi connectivity index (χ3v) is 4.85. The molecule has 1 N–H and O–H groups in total. The molecule has 2 heterocycles. The lowest BCUT2D eigenvalue weighted by Crippen LogP contribution is -2.30. The summed E-state index contributed by atoms with van der Waals surface area (Å²) in [6.07, 6.45) is 5.21. The van der Waals surface area contributed by atoms with E-state index in [2.05, 4.69) is 34.5 Å². The van der Waals surface area contributed by atoms with Gasteiger partial charge in [0.15, 0.2) is 0 Å². The van der Waals surface area contributed by atoms with Crippen molar-refractivity contribution in [2.24, 2.45) is 0 Å². The summed E-state index contributed by atoms with van der Waals surface area (Å²) in [7, 11) is 0. The van der Waals surface area contributed by atoms with Gasteiger partial charge in [-0.2, -0.15) is 10.1 Å². The summed E-state index contributed by atoms with van der Waals surface area (Å²) in [5, 5.41) is 7.59. The monoisotopic (exact) mass is 358 g/mol. The molecule has 0 spiro atoms. The zero-order valence-electron chi connectivity index (χ0n) is 14.7. The van der Waals surface area contributed by atoms with Crippen LogP contribution in [-0.4, -0.2) is 33.6 Å². The van der Waals surface area contributed by atoms with Crippen LogP contribution in [-0.2, 0) is 9.53 Å². The first-order chi connectivity index (χ1) is 12.2. The highest BCUT2D eigenvalue weighted by atomic mass is 32.2. The zero-order chi connectivity index (χ0) is 17.8. The first-order valence-electron chi connectivity index (χ1n) is 8.40. The van der Waals surface area contributed by atoms with Gasteiger partial charge in [-0.3, -0.25) is 0 Å². The fourth-order valence-corrected chi connectivity index (χ4v) is 3.41. The molecular formula is C18H22N4O2S. The number of nitrogens with one attached hydrogen (secondary N) is 1. The molecule has 1 aromatic heterocycles. The fourth-order valence-electron chi connectivity index (χ4n) is 3.00. The van der Waals surface area contributed by atoms with Crippen molar-refractivity contribution < 1.29 is 9.53 Å². The number of rotatable bonds is 6. The lowest BCUT2D eigenvalue weighted by molar-refractivity contribution is -0.139. The van der Waals surface area contributed by atoms with E-state index in [1.807, 2.05) is 25.3 Å². The lowest BCUT2D eigenvalue weighted by atomic mass is 9.94.